The summed E-state index contributed by atoms with van der Waals surface area (Å²) < 4.78 is 1.01. The van der Waals surface area contributed by atoms with Crippen molar-refractivity contribution in [2.75, 3.05) is 5.32 Å². The number of nitrogens with zero attached hydrogens (tertiary/aromatic N) is 2. The average molecular weight is 486 g/mol. The molecule has 2 heterocycles. The molecular formula is C17H14BrClN4O2S2. The molecule has 2 amide bonds. The lowest BCUT2D eigenvalue weighted by Crippen LogP contribution is -2.28. The highest BCUT2D eigenvalue weighted by Gasteiger charge is 2.32. The number of hydrogen-bond donors (Lipinski definition) is 2. The van der Waals surface area contributed by atoms with E-state index in [-0.39, 0.29) is 18.2 Å². The minimum absolute atomic E-state index is 0.0404. The SMILES string of the molecule is C/C(=N/N=C1/NC(=O)[C@@H](CC(=O)Nc2ccc(Cl)cc2)S1)c1ccc(Br)s1. The number of nitrogens with one attached hydrogen (secondary N) is 2. The van der Waals surface area contributed by atoms with E-state index >= 15 is 0 Å². The summed E-state index contributed by atoms with van der Waals surface area (Å²) in [5, 5.41) is 14.1. The molecule has 0 spiro atoms. The van der Waals surface area contributed by atoms with Gasteiger partial charge in [0.25, 0.3) is 0 Å². The van der Waals surface area contributed by atoms with Gasteiger partial charge in [-0.2, -0.15) is 5.10 Å². The molecule has 0 saturated carbocycles. The van der Waals surface area contributed by atoms with Crippen LogP contribution >= 0.6 is 50.6 Å². The van der Waals surface area contributed by atoms with Gasteiger partial charge in [-0.05, 0) is 59.3 Å². The van der Waals surface area contributed by atoms with E-state index in [1.54, 1.807) is 35.6 Å². The molecule has 0 bridgehead atoms. The Morgan fingerprint density at radius 1 is 1.30 bits per heavy atom. The normalized spacial score (nSPS) is 18.6. The fraction of sp³-hybridized carbons (Fsp3) is 0.176. The van der Waals surface area contributed by atoms with E-state index in [4.69, 9.17) is 11.6 Å². The van der Waals surface area contributed by atoms with E-state index in [0.717, 1.165) is 14.4 Å². The lowest BCUT2D eigenvalue weighted by Gasteiger charge is -2.07. The third-order valence-corrected chi connectivity index (χ3v) is 6.55. The van der Waals surface area contributed by atoms with E-state index in [1.165, 1.54) is 11.8 Å². The first-order valence-electron chi connectivity index (χ1n) is 7.81. The van der Waals surface area contributed by atoms with Crippen LogP contribution in [-0.4, -0.2) is 27.9 Å². The van der Waals surface area contributed by atoms with Crippen LogP contribution in [0.25, 0.3) is 0 Å². The van der Waals surface area contributed by atoms with Crippen LogP contribution < -0.4 is 10.6 Å². The average Bonchev–Trinajstić information content (AvgIpc) is 3.21. The Kier molecular flexibility index (Phi) is 6.69. The van der Waals surface area contributed by atoms with Crippen LogP contribution in [0.4, 0.5) is 5.69 Å². The predicted molar refractivity (Wildman–Crippen MR) is 116 cm³/mol. The van der Waals surface area contributed by atoms with Crippen molar-refractivity contribution in [3.8, 4) is 0 Å². The van der Waals surface area contributed by atoms with Crippen LogP contribution in [0.3, 0.4) is 0 Å². The van der Waals surface area contributed by atoms with Crippen LogP contribution in [0, 0.1) is 0 Å². The Bertz CT molecular complexity index is 927. The monoisotopic (exact) mass is 484 g/mol. The van der Waals surface area contributed by atoms with Crippen molar-refractivity contribution >= 4 is 79.0 Å². The van der Waals surface area contributed by atoms with Gasteiger partial charge in [-0.1, -0.05) is 23.4 Å². The van der Waals surface area contributed by atoms with Gasteiger partial charge in [-0.3, -0.25) is 9.59 Å². The van der Waals surface area contributed by atoms with Crippen molar-refractivity contribution in [2.45, 2.75) is 18.6 Å². The number of thioether (sulfide) groups is 1. The summed E-state index contributed by atoms with van der Waals surface area (Å²) in [5.74, 6) is -0.508. The van der Waals surface area contributed by atoms with Crippen LogP contribution in [0.2, 0.25) is 5.02 Å². The number of halogens is 2. The number of amidine groups is 1. The maximum atomic E-state index is 12.2. The Labute approximate surface area is 177 Å². The van der Waals surface area contributed by atoms with Gasteiger partial charge >= 0.3 is 0 Å². The number of carbonyl (C=O) groups excluding carboxylic acids is 2. The van der Waals surface area contributed by atoms with E-state index in [2.05, 4.69) is 36.8 Å². The van der Waals surface area contributed by atoms with Gasteiger partial charge in [0, 0.05) is 17.1 Å². The number of anilines is 1. The minimum Gasteiger partial charge on any atom is -0.326 e. The highest BCUT2D eigenvalue weighted by atomic mass is 79.9. The van der Waals surface area contributed by atoms with Crippen molar-refractivity contribution in [3.05, 3.63) is 50.1 Å². The molecule has 140 valence electrons. The molecule has 1 saturated heterocycles. The molecule has 1 aromatic heterocycles. The van der Waals surface area contributed by atoms with E-state index < -0.39 is 5.25 Å². The molecule has 1 aliphatic heterocycles. The highest BCUT2D eigenvalue weighted by molar-refractivity contribution is 9.11. The molecule has 2 aromatic rings. The van der Waals surface area contributed by atoms with Crippen molar-refractivity contribution in [1.82, 2.24) is 5.32 Å². The lowest BCUT2D eigenvalue weighted by molar-refractivity contribution is -0.122. The number of amides is 2. The quantitative estimate of drug-likeness (QED) is 0.483. The van der Waals surface area contributed by atoms with Gasteiger partial charge in [0.15, 0.2) is 5.17 Å². The third-order valence-electron chi connectivity index (χ3n) is 3.50. The van der Waals surface area contributed by atoms with Crippen molar-refractivity contribution in [2.24, 2.45) is 10.2 Å². The molecule has 0 radical (unpaired) electrons. The Morgan fingerprint density at radius 3 is 2.70 bits per heavy atom. The van der Waals surface area contributed by atoms with Gasteiger partial charge in [0.05, 0.1) is 14.4 Å². The summed E-state index contributed by atoms with van der Waals surface area (Å²) in [6.45, 7) is 1.85. The molecule has 3 rings (SSSR count). The van der Waals surface area contributed by atoms with E-state index in [1.807, 2.05) is 19.1 Å². The largest absolute Gasteiger partial charge is 0.326 e. The predicted octanol–water partition coefficient (Wildman–Crippen LogP) is 4.50. The molecule has 27 heavy (non-hydrogen) atoms. The van der Waals surface area contributed by atoms with Crippen molar-refractivity contribution in [1.29, 1.82) is 0 Å². The van der Waals surface area contributed by atoms with Crippen LogP contribution in [-0.2, 0) is 9.59 Å². The van der Waals surface area contributed by atoms with Crippen LogP contribution in [0.1, 0.15) is 18.2 Å². The lowest BCUT2D eigenvalue weighted by atomic mass is 10.2. The first kappa shape index (κ1) is 20.1. The molecule has 0 aliphatic carbocycles. The highest BCUT2D eigenvalue weighted by Crippen LogP contribution is 2.25. The maximum Gasteiger partial charge on any atom is 0.240 e. The smallest absolute Gasteiger partial charge is 0.240 e. The second-order valence-corrected chi connectivity index (χ2v) is 9.64. The maximum absolute atomic E-state index is 12.2. The fourth-order valence-electron chi connectivity index (χ4n) is 2.18. The third kappa shape index (κ3) is 5.65. The summed E-state index contributed by atoms with van der Waals surface area (Å²) in [6.07, 6.45) is 0.0404. The van der Waals surface area contributed by atoms with Gasteiger partial charge in [0.2, 0.25) is 11.8 Å². The molecular weight excluding hydrogens is 472 g/mol. The number of rotatable bonds is 5. The van der Waals surface area contributed by atoms with Crippen LogP contribution in [0.5, 0.6) is 0 Å². The second kappa shape index (κ2) is 9.01. The van der Waals surface area contributed by atoms with Gasteiger partial charge in [-0.25, -0.2) is 0 Å². The number of carbonyl (C=O) groups is 2. The zero-order chi connectivity index (χ0) is 19.4. The molecule has 2 N–H and O–H groups in total. The first-order chi connectivity index (χ1) is 12.9. The Balaban J connectivity index is 1.58. The van der Waals surface area contributed by atoms with E-state index in [0.29, 0.717) is 15.9 Å². The van der Waals surface area contributed by atoms with Gasteiger partial charge in [0.1, 0.15) is 5.25 Å². The molecule has 1 aliphatic rings. The number of thiophene rings is 1. The van der Waals surface area contributed by atoms with Crippen LogP contribution in [0.15, 0.2) is 50.4 Å². The first-order valence-corrected chi connectivity index (χ1v) is 10.7. The van der Waals surface area contributed by atoms with Gasteiger partial charge < -0.3 is 10.6 Å². The zero-order valence-corrected chi connectivity index (χ0v) is 18.0. The Hall–Kier alpha value is -1.68. The minimum atomic E-state index is -0.539. The topological polar surface area (TPSA) is 82.9 Å². The zero-order valence-electron chi connectivity index (χ0n) is 14.0. The number of benzene rings is 1. The summed E-state index contributed by atoms with van der Waals surface area (Å²) in [4.78, 5) is 25.2. The molecule has 1 aromatic carbocycles. The molecule has 1 fully saturated rings. The van der Waals surface area contributed by atoms with Gasteiger partial charge in [-0.15, -0.1) is 16.4 Å². The fourth-order valence-corrected chi connectivity index (χ4v) is 4.55. The number of hydrogen-bond acceptors (Lipinski definition) is 6. The second-order valence-electron chi connectivity index (χ2n) is 5.55. The summed E-state index contributed by atoms with van der Waals surface area (Å²) in [7, 11) is 0. The standard InChI is InChI=1S/C17H14BrClN4O2S2/c1-9(12-6-7-14(18)26-12)22-23-17-21-16(25)13(27-17)8-15(24)20-11-4-2-10(19)3-5-11/h2-7,13H,8H2,1H3,(H,20,24)(H,21,23,25)/b22-9-/t13-/m1/s1. The summed E-state index contributed by atoms with van der Waals surface area (Å²) in [5.41, 5.74) is 1.38. The summed E-state index contributed by atoms with van der Waals surface area (Å²) in [6, 6.07) is 10.7. The Morgan fingerprint density at radius 2 is 2.04 bits per heavy atom. The summed E-state index contributed by atoms with van der Waals surface area (Å²) >= 11 is 12.0. The van der Waals surface area contributed by atoms with Crippen molar-refractivity contribution < 1.29 is 9.59 Å². The molecule has 1 atom stereocenters. The van der Waals surface area contributed by atoms with E-state index in [9.17, 15) is 9.59 Å². The molecule has 6 nitrogen and oxygen atoms in total. The van der Waals surface area contributed by atoms with Crippen molar-refractivity contribution in [3.63, 3.8) is 0 Å². The molecule has 10 heteroatoms. The molecule has 0 unspecified atom stereocenters.